The number of aromatic amines is 1. The summed E-state index contributed by atoms with van der Waals surface area (Å²) in [5.41, 5.74) is 1.000. The first-order valence-electron chi connectivity index (χ1n) is 4.10. The van der Waals surface area contributed by atoms with Crippen LogP contribution in [-0.4, -0.2) is 15.9 Å². The van der Waals surface area contributed by atoms with Crippen LogP contribution in [0.4, 0.5) is 0 Å². The number of carbonyl (C=O) groups is 1. The van der Waals surface area contributed by atoms with E-state index in [9.17, 15) is 9.90 Å². The third-order valence-corrected chi connectivity index (χ3v) is 2.33. The van der Waals surface area contributed by atoms with Crippen LogP contribution in [0.2, 0.25) is 5.02 Å². The molecule has 1 heterocycles. The molecule has 0 amide bonds. The van der Waals surface area contributed by atoms with Crippen LogP contribution in [-0.2, 0) is 0 Å². The van der Waals surface area contributed by atoms with Gasteiger partial charge in [0.25, 0.3) is 0 Å². The molecule has 4 heteroatoms. The van der Waals surface area contributed by atoms with Gasteiger partial charge in [0.1, 0.15) is 0 Å². The fraction of sp³-hybridized carbons (Fsp3) is 0.100. The van der Waals surface area contributed by atoms with Crippen LogP contribution < -0.4 is 0 Å². The zero-order valence-electron chi connectivity index (χ0n) is 7.47. The van der Waals surface area contributed by atoms with E-state index >= 15 is 0 Å². The van der Waals surface area contributed by atoms with Crippen molar-refractivity contribution in [1.29, 1.82) is 0 Å². The zero-order chi connectivity index (χ0) is 10.3. The number of fused-ring (bicyclic) bond motifs is 1. The van der Waals surface area contributed by atoms with Crippen molar-refractivity contribution < 1.29 is 9.90 Å². The monoisotopic (exact) mass is 209 g/mol. The van der Waals surface area contributed by atoms with Gasteiger partial charge in [-0.2, -0.15) is 0 Å². The fourth-order valence-corrected chi connectivity index (χ4v) is 1.68. The fourth-order valence-electron chi connectivity index (χ4n) is 1.51. The normalized spacial score (nSPS) is 10.7. The molecule has 14 heavy (non-hydrogen) atoms. The van der Waals surface area contributed by atoms with Gasteiger partial charge in [0.15, 0.2) is 5.78 Å². The smallest absolute Gasteiger partial charge is 0.200 e. The maximum Gasteiger partial charge on any atom is 0.200 e. The SMILES string of the molecule is CC(=O)c1c(O)[nH]c2ccc(Cl)cc12. The second-order valence-corrected chi connectivity index (χ2v) is 3.53. The van der Waals surface area contributed by atoms with Gasteiger partial charge in [-0.05, 0) is 25.1 Å². The number of hydrogen-bond acceptors (Lipinski definition) is 2. The Morgan fingerprint density at radius 2 is 2.21 bits per heavy atom. The molecule has 0 aliphatic heterocycles. The topological polar surface area (TPSA) is 53.1 Å². The molecule has 0 fully saturated rings. The second kappa shape index (κ2) is 3.03. The second-order valence-electron chi connectivity index (χ2n) is 3.09. The van der Waals surface area contributed by atoms with Gasteiger partial charge in [-0.1, -0.05) is 11.6 Å². The van der Waals surface area contributed by atoms with Gasteiger partial charge in [0, 0.05) is 15.9 Å². The lowest BCUT2D eigenvalue weighted by Crippen LogP contribution is -1.89. The van der Waals surface area contributed by atoms with E-state index in [1.54, 1.807) is 18.2 Å². The summed E-state index contributed by atoms with van der Waals surface area (Å²) in [6.45, 7) is 1.41. The zero-order valence-corrected chi connectivity index (χ0v) is 8.22. The molecular formula is C10H8ClNO2. The summed E-state index contributed by atoms with van der Waals surface area (Å²) in [5.74, 6) is -0.286. The van der Waals surface area contributed by atoms with Gasteiger partial charge in [-0.15, -0.1) is 0 Å². The standard InChI is InChI=1S/C10H8ClNO2/c1-5(13)9-7-4-6(11)2-3-8(7)12-10(9)14/h2-4,12,14H,1H3. The van der Waals surface area contributed by atoms with Crippen molar-refractivity contribution in [2.45, 2.75) is 6.92 Å². The van der Waals surface area contributed by atoms with Gasteiger partial charge in [-0.25, -0.2) is 0 Å². The molecule has 0 saturated carbocycles. The van der Waals surface area contributed by atoms with Crippen molar-refractivity contribution in [1.82, 2.24) is 4.98 Å². The highest BCUT2D eigenvalue weighted by Gasteiger charge is 2.14. The Labute approximate surface area is 85.3 Å². The Kier molecular flexibility index (Phi) is 1.97. The van der Waals surface area contributed by atoms with E-state index in [1.807, 2.05) is 0 Å². The average Bonchev–Trinajstić information content (AvgIpc) is 2.40. The van der Waals surface area contributed by atoms with Crippen molar-refractivity contribution in [3.63, 3.8) is 0 Å². The quantitative estimate of drug-likeness (QED) is 0.710. The van der Waals surface area contributed by atoms with Gasteiger partial charge in [0.05, 0.1) is 5.56 Å². The third kappa shape index (κ3) is 1.26. The number of hydrogen-bond donors (Lipinski definition) is 2. The Morgan fingerprint density at radius 1 is 1.50 bits per heavy atom. The lowest BCUT2D eigenvalue weighted by Gasteiger charge is -1.93. The average molecular weight is 210 g/mol. The predicted octanol–water partition coefficient (Wildman–Crippen LogP) is 2.73. The number of rotatable bonds is 1. The van der Waals surface area contributed by atoms with E-state index in [0.29, 0.717) is 21.5 Å². The Balaban J connectivity index is 2.86. The van der Waals surface area contributed by atoms with Crippen LogP contribution in [0.1, 0.15) is 17.3 Å². The van der Waals surface area contributed by atoms with Gasteiger partial charge >= 0.3 is 0 Å². The van der Waals surface area contributed by atoms with E-state index in [0.717, 1.165) is 0 Å². The van der Waals surface area contributed by atoms with Crippen molar-refractivity contribution in [3.05, 3.63) is 28.8 Å². The van der Waals surface area contributed by atoms with E-state index in [1.165, 1.54) is 6.92 Å². The lowest BCUT2D eigenvalue weighted by atomic mass is 10.1. The molecule has 1 aromatic heterocycles. The molecule has 3 nitrogen and oxygen atoms in total. The van der Waals surface area contributed by atoms with Gasteiger partial charge < -0.3 is 10.1 Å². The molecule has 0 atom stereocenters. The molecule has 2 rings (SSSR count). The Bertz CT molecular complexity index is 516. The van der Waals surface area contributed by atoms with Crippen molar-refractivity contribution in [2.75, 3.05) is 0 Å². The molecular weight excluding hydrogens is 202 g/mol. The van der Waals surface area contributed by atoms with E-state index in [2.05, 4.69) is 4.98 Å². The summed E-state index contributed by atoms with van der Waals surface area (Å²) in [6, 6.07) is 5.08. The first-order chi connectivity index (χ1) is 6.59. The summed E-state index contributed by atoms with van der Waals surface area (Å²) in [5, 5.41) is 10.7. The summed E-state index contributed by atoms with van der Waals surface area (Å²) >= 11 is 5.80. The highest BCUT2D eigenvalue weighted by Crippen LogP contribution is 2.29. The molecule has 0 spiro atoms. The molecule has 0 aliphatic rings. The number of Topliss-reactive ketones (excluding diaryl/α,β-unsaturated/α-hetero) is 1. The van der Waals surface area contributed by atoms with E-state index in [-0.39, 0.29) is 11.7 Å². The number of aromatic nitrogens is 1. The van der Waals surface area contributed by atoms with Crippen LogP contribution in [0.15, 0.2) is 18.2 Å². The number of ketones is 1. The number of halogens is 1. The maximum atomic E-state index is 11.2. The molecule has 72 valence electrons. The molecule has 2 aromatic rings. The molecule has 0 bridgehead atoms. The van der Waals surface area contributed by atoms with Crippen molar-refractivity contribution in [2.24, 2.45) is 0 Å². The van der Waals surface area contributed by atoms with E-state index in [4.69, 9.17) is 11.6 Å². The van der Waals surface area contributed by atoms with Gasteiger partial charge in [0.2, 0.25) is 5.88 Å². The molecule has 0 aliphatic carbocycles. The van der Waals surface area contributed by atoms with Crippen molar-refractivity contribution in [3.8, 4) is 5.88 Å². The first-order valence-corrected chi connectivity index (χ1v) is 4.48. The molecule has 0 radical (unpaired) electrons. The van der Waals surface area contributed by atoms with Crippen LogP contribution in [0.5, 0.6) is 5.88 Å². The number of H-pyrrole nitrogens is 1. The van der Waals surface area contributed by atoms with E-state index < -0.39 is 0 Å². The highest BCUT2D eigenvalue weighted by molar-refractivity contribution is 6.31. The summed E-state index contributed by atoms with van der Waals surface area (Å²) < 4.78 is 0. The van der Waals surface area contributed by atoms with Gasteiger partial charge in [-0.3, -0.25) is 4.79 Å². The van der Waals surface area contributed by atoms with Crippen LogP contribution in [0.25, 0.3) is 10.9 Å². The summed E-state index contributed by atoms with van der Waals surface area (Å²) in [6.07, 6.45) is 0. The predicted molar refractivity (Wildman–Crippen MR) is 55.0 cm³/mol. The number of nitrogens with one attached hydrogen (secondary N) is 1. The highest BCUT2D eigenvalue weighted by atomic mass is 35.5. The molecule has 0 saturated heterocycles. The first kappa shape index (κ1) is 9.09. The Morgan fingerprint density at radius 3 is 2.86 bits per heavy atom. The maximum absolute atomic E-state index is 11.2. The minimum Gasteiger partial charge on any atom is -0.494 e. The van der Waals surface area contributed by atoms with Crippen LogP contribution in [0, 0.1) is 0 Å². The Hall–Kier alpha value is -1.48. The third-order valence-electron chi connectivity index (χ3n) is 2.09. The van der Waals surface area contributed by atoms with Crippen LogP contribution >= 0.6 is 11.6 Å². The summed E-state index contributed by atoms with van der Waals surface area (Å²) in [7, 11) is 0. The number of aromatic hydroxyl groups is 1. The lowest BCUT2D eigenvalue weighted by molar-refractivity contribution is 0.101. The number of benzene rings is 1. The van der Waals surface area contributed by atoms with Crippen LogP contribution in [0.3, 0.4) is 0 Å². The largest absolute Gasteiger partial charge is 0.494 e. The molecule has 1 aromatic carbocycles. The minimum absolute atomic E-state index is 0.102. The molecule has 2 N–H and O–H groups in total. The van der Waals surface area contributed by atoms with Crippen molar-refractivity contribution >= 4 is 28.3 Å². The number of carbonyl (C=O) groups excluding carboxylic acids is 1. The molecule has 0 unspecified atom stereocenters. The minimum atomic E-state index is -0.184. The summed E-state index contributed by atoms with van der Waals surface area (Å²) in [4.78, 5) is 13.9.